The molecule has 0 aliphatic carbocycles. The van der Waals surface area contributed by atoms with Crippen LogP contribution in [0.4, 0.5) is 0 Å². The number of fused-ring (bicyclic) bond motifs is 1. The lowest BCUT2D eigenvalue weighted by atomic mass is 10.0. The number of imide groups is 1. The molecule has 1 aliphatic heterocycles. The van der Waals surface area contributed by atoms with Crippen LogP contribution in [-0.4, -0.2) is 16.7 Å². The quantitative estimate of drug-likeness (QED) is 0.707. The largest absolute Gasteiger partial charge is 0.268 e. The van der Waals surface area contributed by atoms with Crippen LogP contribution in [0.1, 0.15) is 33.2 Å². The van der Waals surface area contributed by atoms with Gasteiger partial charge in [-0.25, -0.2) is 4.90 Å². The Balaban J connectivity index is 2.67. The van der Waals surface area contributed by atoms with Gasteiger partial charge in [-0.05, 0) is 18.6 Å². The third kappa shape index (κ3) is 1.29. The molecule has 1 aromatic rings. The van der Waals surface area contributed by atoms with Crippen LogP contribution in [0.25, 0.3) is 6.08 Å². The van der Waals surface area contributed by atoms with E-state index in [0.29, 0.717) is 11.1 Å². The Morgan fingerprint density at radius 1 is 1.25 bits per heavy atom. The maximum Gasteiger partial charge on any atom is 0.266 e. The van der Waals surface area contributed by atoms with Gasteiger partial charge < -0.3 is 0 Å². The molecule has 3 nitrogen and oxygen atoms in total. The van der Waals surface area contributed by atoms with E-state index in [1.54, 1.807) is 12.1 Å². The Bertz CT molecular complexity index is 515. The average molecular weight is 213 g/mol. The van der Waals surface area contributed by atoms with E-state index in [4.69, 9.17) is 0 Å². The third-order valence-corrected chi connectivity index (χ3v) is 2.51. The highest BCUT2D eigenvalue weighted by Gasteiger charge is 2.35. The summed E-state index contributed by atoms with van der Waals surface area (Å²) in [5.74, 6) is -0.606. The second-order valence-corrected chi connectivity index (χ2v) is 3.43. The molecular weight excluding hydrogens is 202 g/mol. The molecule has 80 valence electrons. The van der Waals surface area contributed by atoms with E-state index in [1.807, 2.05) is 25.1 Å². The number of hydrogen-bond acceptors (Lipinski definition) is 2. The minimum absolute atomic E-state index is 0.302. The Morgan fingerprint density at radius 2 is 2.00 bits per heavy atom. The number of hydrogen-bond donors (Lipinski definition) is 0. The van der Waals surface area contributed by atoms with Crippen molar-refractivity contribution in [2.45, 2.75) is 6.92 Å². The zero-order valence-corrected chi connectivity index (χ0v) is 8.93. The second kappa shape index (κ2) is 3.77. The minimum Gasteiger partial charge on any atom is -0.268 e. The van der Waals surface area contributed by atoms with Gasteiger partial charge in [0.05, 0.1) is 11.1 Å². The minimum atomic E-state index is -0.304. The number of rotatable bonds is 2. The highest BCUT2D eigenvalue weighted by molar-refractivity contribution is 6.23. The van der Waals surface area contributed by atoms with Gasteiger partial charge in [0.25, 0.3) is 11.8 Å². The molecule has 1 heterocycles. The summed E-state index contributed by atoms with van der Waals surface area (Å²) in [5, 5.41) is 0. The predicted molar refractivity (Wildman–Crippen MR) is 61.8 cm³/mol. The molecule has 0 radical (unpaired) electrons. The van der Waals surface area contributed by atoms with Crippen LogP contribution in [-0.2, 0) is 0 Å². The highest BCUT2D eigenvalue weighted by atomic mass is 16.2. The van der Waals surface area contributed by atoms with E-state index >= 15 is 0 Å². The summed E-state index contributed by atoms with van der Waals surface area (Å²) in [6.45, 7) is 5.34. The Labute approximate surface area is 93.7 Å². The molecule has 16 heavy (non-hydrogen) atoms. The fraction of sp³-hybridized carbons (Fsp3) is 0.0769. The molecule has 1 aromatic carbocycles. The van der Waals surface area contributed by atoms with Gasteiger partial charge in [0.2, 0.25) is 0 Å². The lowest BCUT2D eigenvalue weighted by Gasteiger charge is -2.05. The van der Waals surface area contributed by atoms with Crippen LogP contribution in [0.5, 0.6) is 0 Å². The molecule has 3 heteroatoms. The number of nitrogens with zero attached hydrogens (tertiary/aromatic N) is 1. The molecule has 0 fully saturated rings. The normalized spacial score (nSPS) is 14.7. The van der Waals surface area contributed by atoms with E-state index in [-0.39, 0.29) is 11.8 Å². The molecule has 0 saturated carbocycles. The maximum absolute atomic E-state index is 11.9. The second-order valence-electron chi connectivity index (χ2n) is 3.43. The molecule has 1 aliphatic rings. The van der Waals surface area contributed by atoms with Crippen LogP contribution in [0, 0.1) is 0 Å². The number of benzene rings is 1. The van der Waals surface area contributed by atoms with Gasteiger partial charge >= 0.3 is 0 Å². The number of carbonyl (C=O) groups excluding carboxylic acids is 2. The van der Waals surface area contributed by atoms with Crippen molar-refractivity contribution in [2.24, 2.45) is 0 Å². The molecule has 0 unspecified atom stereocenters. The van der Waals surface area contributed by atoms with Gasteiger partial charge in [0, 0.05) is 6.20 Å². The molecule has 0 saturated heterocycles. The summed E-state index contributed by atoms with van der Waals surface area (Å²) in [6.07, 6.45) is 4.91. The smallest absolute Gasteiger partial charge is 0.266 e. The summed E-state index contributed by atoms with van der Waals surface area (Å²) in [7, 11) is 0. The first kappa shape index (κ1) is 10.4. The van der Waals surface area contributed by atoms with Gasteiger partial charge in [0.15, 0.2) is 0 Å². The zero-order chi connectivity index (χ0) is 11.7. The fourth-order valence-corrected chi connectivity index (χ4v) is 1.81. The van der Waals surface area contributed by atoms with E-state index in [9.17, 15) is 9.59 Å². The Kier molecular flexibility index (Phi) is 2.44. The van der Waals surface area contributed by atoms with Crippen molar-refractivity contribution in [3.63, 3.8) is 0 Å². The molecule has 0 bridgehead atoms. The first-order valence-electron chi connectivity index (χ1n) is 4.97. The lowest BCUT2D eigenvalue weighted by molar-refractivity contribution is 0.0722. The maximum atomic E-state index is 11.9. The van der Waals surface area contributed by atoms with Gasteiger partial charge in [-0.2, -0.15) is 0 Å². The molecule has 0 atom stereocenters. The van der Waals surface area contributed by atoms with E-state index in [1.165, 1.54) is 6.20 Å². The third-order valence-electron chi connectivity index (χ3n) is 2.51. The van der Waals surface area contributed by atoms with Crippen molar-refractivity contribution in [2.75, 3.05) is 0 Å². The van der Waals surface area contributed by atoms with Crippen LogP contribution in [0.15, 0.2) is 37.1 Å². The standard InChI is InChI=1S/C13H11NO2/c1-3-6-9-7-5-8-10-11(9)13(16)14(4-2)12(10)15/h3-8H,2H2,1H3/b6-3-. The number of amides is 2. The van der Waals surface area contributed by atoms with Crippen molar-refractivity contribution in [3.8, 4) is 0 Å². The van der Waals surface area contributed by atoms with Crippen LogP contribution < -0.4 is 0 Å². The van der Waals surface area contributed by atoms with Gasteiger partial charge in [0.1, 0.15) is 0 Å². The molecule has 0 N–H and O–H groups in total. The Morgan fingerprint density at radius 3 is 2.62 bits per heavy atom. The summed E-state index contributed by atoms with van der Waals surface area (Å²) in [6, 6.07) is 5.24. The molecular formula is C13H11NO2. The van der Waals surface area contributed by atoms with Crippen molar-refractivity contribution < 1.29 is 9.59 Å². The first-order valence-corrected chi connectivity index (χ1v) is 4.97. The van der Waals surface area contributed by atoms with Crippen molar-refractivity contribution >= 4 is 17.9 Å². The fourth-order valence-electron chi connectivity index (χ4n) is 1.81. The van der Waals surface area contributed by atoms with Crippen LogP contribution in [0.2, 0.25) is 0 Å². The SMILES string of the molecule is C=CN1C(=O)c2cccc(/C=C\C)c2C1=O. The summed E-state index contributed by atoms with van der Waals surface area (Å²) in [4.78, 5) is 24.8. The highest BCUT2D eigenvalue weighted by Crippen LogP contribution is 2.26. The molecule has 0 aromatic heterocycles. The lowest BCUT2D eigenvalue weighted by Crippen LogP contribution is -2.23. The monoisotopic (exact) mass is 213 g/mol. The van der Waals surface area contributed by atoms with Gasteiger partial charge in [-0.15, -0.1) is 0 Å². The van der Waals surface area contributed by atoms with E-state index in [2.05, 4.69) is 6.58 Å². The summed E-state index contributed by atoms with van der Waals surface area (Å²) >= 11 is 0. The van der Waals surface area contributed by atoms with Gasteiger partial charge in [-0.1, -0.05) is 30.9 Å². The van der Waals surface area contributed by atoms with E-state index in [0.717, 1.165) is 10.5 Å². The summed E-state index contributed by atoms with van der Waals surface area (Å²) < 4.78 is 0. The van der Waals surface area contributed by atoms with Crippen LogP contribution >= 0.6 is 0 Å². The van der Waals surface area contributed by atoms with Crippen molar-refractivity contribution in [1.29, 1.82) is 0 Å². The zero-order valence-electron chi connectivity index (χ0n) is 8.93. The van der Waals surface area contributed by atoms with Crippen LogP contribution in [0.3, 0.4) is 0 Å². The van der Waals surface area contributed by atoms with Gasteiger partial charge in [-0.3, -0.25) is 9.59 Å². The topological polar surface area (TPSA) is 37.4 Å². The average Bonchev–Trinajstić information content (AvgIpc) is 2.53. The van der Waals surface area contributed by atoms with E-state index < -0.39 is 0 Å². The molecule has 2 amide bonds. The van der Waals surface area contributed by atoms with Crippen molar-refractivity contribution in [3.05, 3.63) is 53.7 Å². The predicted octanol–water partition coefficient (Wildman–Crippen LogP) is 2.46. The number of allylic oxidation sites excluding steroid dienone is 1. The first-order chi connectivity index (χ1) is 7.70. The Hall–Kier alpha value is -2.16. The molecule has 0 spiro atoms. The number of carbonyl (C=O) groups is 2. The summed E-state index contributed by atoms with van der Waals surface area (Å²) in [5.41, 5.74) is 1.67. The van der Waals surface area contributed by atoms with Crippen molar-refractivity contribution in [1.82, 2.24) is 4.90 Å². The molecule has 2 rings (SSSR count).